The smallest absolute Gasteiger partial charge is 0.242 e. The van der Waals surface area contributed by atoms with Crippen molar-refractivity contribution in [1.29, 1.82) is 0 Å². The van der Waals surface area contributed by atoms with Gasteiger partial charge in [0.2, 0.25) is 17.2 Å². The van der Waals surface area contributed by atoms with Gasteiger partial charge >= 0.3 is 0 Å². The van der Waals surface area contributed by atoms with E-state index in [0.717, 1.165) is 46.1 Å². The second kappa shape index (κ2) is 4.07. The monoisotopic (exact) mass is 366 g/mol. The van der Waals surface area contributed by atoms with E-state index in [0.29, 0.717) is 5.69 Å². The lowest BCUT2D eigenvalue weighted by Gasteiger charge is -2.46. The number of methoxy groups -OCH3 is 1. The van der Waals surface area contributed by atoms with E-state index in [1.54, 1.807) is 18.9 Å². The Balaban J connectivity index is 1.80. The number of ketones is 1. The summed E-state index contributed by atoms with van der Waals surface area (Å²) in [5, 5.41) is 16.8. The molecule has 26 heavy (non-hydrogen) atoms. The van der Waals surface area contributed by atoms with Gasteiger partial charge in [-0.25, -0.2) is 4.58 Å². The molecular formula is C19H16N3O3S+. The van der Waals surface area contributed by atoms with Crippen molar-refractivity contribution in [3.8, 4) is 5.75 Å². The van der Waals surface area contributed by atoms with Crippen LogP contribution in [0.5, 0.6) is 5.75 Å². The number of rotatable bonds is 1. The Morgan fingerprint density at radius 2 is 2.38 bits per heavy atom. The molecule has 0 aromatic heterocycles. The highest BCUT2D eigenvalue weighted by molar-refractivity contribution is 8.04. The SMILES string of the molecule is CO[C@H]1C2C(=O)C=C3S[C@H]4C[C@]31c1c(c(O)c3c5c1=[N+]2CCC=5C=N3)N4. The second-order valence-electron chi connectivity index (χ2n) is 7.84. The number of aromatic hydroxyl groups is 1. The van der Waals surface area contributed by atoms with Gasteiger partial charge in [0.15, 0.2) is 5.75 Å². The zero-order valence-corrected chi connectivity index (χ0v) is 14.9. The maximum atomic E-state index is 13.1. The minimum atomic E-state index is -0.341. The van der Waals surface area contributed by atoms with Crippen molar-refractivity contribution in [3.63, 3.8) is 0 Å². The molecule has 2 N–H and O–H groups in total. The molecular weight excluding hydrogens is 350 g/mol. The molecule has 7 rings (SSSR count). The highest BCUT2D eigenvalue weighted by Gasteiger charge is 2.67. The number of nitrogens with zero attached hydrogens (tertiary/aromatic N) is 2. The molecule has 3 bridgehead atoms. The molecule has 1 spiro atoms. The van der Waals surface area contributed by atoms with Crippen molar-refractivity contribution in [3.05, 3.63) is 27.1 Å². The van der Waals surface area contributed by atoms with Gasteiger partial charge in [-0.3, -0.25) is 9.79 Å². The van der Waals surface area contributed by atoms with Crippen LogP contribution in [0, 0.1) is 0 Å². The van der Waals surface area contributed by atoms with Crippen LogP contribution >= 0.6 is 11.8 Å². The molecule has 6 aliphatic rings. The summed E-state index contributed by atoms with van der Waals surface area (Å²) in [7, 11) is 1.71. The third-order valence-corrected chi connectivity index (χ3v) is 8.20. The van der Waals surface area contributed by atoms with Gasteiger partial charge in [0, 0.05) is 24.7 Å². The summed E-state index contributed by atoms with van der Waals surface area (Å²) in [5.41, 5.74) is 3.37. The van der Waals surface area contributed by atoms with E-state index in [1.807, 2.05) is 12.3 Å². The number of phenols is 1. The number of ether oxygens (including phenoxy) is 1. The zero-order valence-electron chi connectivity index (χ0n) is 14.1. The summed E-state index contributed by atoms with van der Waals surface area (Å²) in [6.45, 7) is 0.775. The average molecular weight is 366 g/mol. The van der Waals surface area contributed by atoms with Gasteiger partial charge in [-0.2, -0.15) is 0 Å². The standard InChI is InChI=1S/C19H15N3O3S/c1-25-18-15-8(23)4-9-19(18)5-10(26-9)21-14-12(19)16-11-7(2-3-22(15)16)6-20-13(11)17(14)24/h4,6,10,15,18H,2-3,5H2,1H3,(H,20,21,24)/p+1/t10-,15?,18-,19+/m0/s1. The third-order valence-electron chi connectivity index (χ3n) is 6.90. The normalized spacial score (nSPS) is 36.4. The lowest BCUT2D eigenvalue weighted by molar-refractivity contribution is -0.124. The van der Waals surface area contributed by atoms with Crippen molar-refractivity contribution in [1.82, 2.24) is 4.58 Å². The molecule has 4 atom stereocenters. The van der Waals surface area contributed by atoms with Crippen LogP contribution in [0.4, 0.5) is 11.4 Å². The van der Waals surface area contributed by atoms with Gasteiger partial charge in [0.1, 0.15) is 18.3 Å². The van der Waals surface area contributed by atoms with Crippen LogP contribution in [0.2, 0.25) is 0 Å². The molecule has 5 aliphatic heterocycles. The number of fused-ring (bicyclic) bond motifs is 3. The van der Waals surface area contributed by atoms with Gasteiger partial charge in [0.25, 0.3) is 0 Å². The van der Waals surface area contributed by atoms with Crippen LogP contribution in [-0.2, 0) is 14.9 Å². The number of thioether (sulfide) groups is 1. The molecule has 5 heterocycles. The van der Waals surface area contributed by atoms with Gasteiger partial charge in [-0.05, 0) is 18.1 Å². The van der Waals surface area contributed by atoms with E-state index in [2.05, 4.69) is 14.9 Å². The van der Waals surface area contributed by atoms with Crippen LogP contribution in [0.25, 0.3) is 5.57 Å². The van der Waals surface area contributed by atoms with Gasteiger partial charge < -0.3 is 15.2 Å². The summed E-state index contributed by atoms with van der Waals surface area (Å²) in [4.78, 5) is 18.7. The Labute approximate surface area is 153 Å². The molecule has 6 nitrogen and oxygen atoms in total. The first-order valence-electron chi connectivity index (χ1n) is 8.97. The van der Waals surface area contributed by atoms with Crippen LogP contribution in [-0.4, -0.2) is 48.3 Å². The fourth-order valence-electron chi connectivity index (χ4n) is 6.03. The zero-order chi connectivity index (χ0) is 17.4. The number of carbonyl (C=O) groups excluding carboxylic acids is 1. The van der Waals surface area contributed by atoms with Crippen LogP contribution < -0.4 is 20.5 Å². The topological polar surface area (TPSA) is 73.9 Å². The molecule has 0 saturated carbocycles. The number of hydrogen-bond acceptors (Lipinski definition) is 6. The van der Waals surface area contributed by atoms with Crippen LogP contribution in [0.1, 0.15) is 18.4 Å². The number of phenolic OH excluding ortho intramolecular Hbond substituents is 1. The molecule has 0 radical (unpaired) electrons. The molecule has 0 amide bonds. The van der Waals surface area contributed by atoms with Crippen LogP contribution in [0.15, 0.2) is 16.0 Å². The Hall–Kier alpha value is -2.12. The fraction of sp³-hybridized carbons (Fsp3) is 0.421. The molecule has 1 aliphatic carbocycles. The second-order valence-corrected chi connectivity index (χ2v) is 9.08. The number of aliphatic imine (C=N–C) groups is 1. The number of carbonyl (C=O) groups is 1. The maximum Gasteiger partial charge on any atom is 0.242 e. The molecule has 1 aromatic rings. The van der Waals surface area contributed by atoms with Crippen molar-refractivity contribution in [2.75, 3.05) is 19.0 Å². The van der Waals surface area contributed by atoms with Crippen molar-refractivity contribution in [2.24, 2.45) is 4.99 Å². The van der Waals surface area contributed by atoms with Crippen molar-refractivity contribution >= 4 is 40.7 Å². The number of benzene rings is 1. The Morgan fingerprint density at radius 3 is 3.23 bits per heavy atom. The summed E-state index contributed by atoms with van der Waals surface area (Å²) < 4.78 is 8.23. The fourth-order valence-corrected chi connectivity index (χ4v) is 7.56. The molecule has 1 aromatic carbocycles. The lowest BCUT2D eigenvalue weighted by Crippen LogP contribution is -2.70. The highest BCUT2D eigenvalue weighted by Crippen LogP contribution is 2.63. The minimum Gasteiger partial charge on any atom is -0.504 e. The molecule has 1 fully saturated rings. The Morgan fingerprint density at radius 1 is 1.50 bits per heavy atom. The van der Waals surface area contributed by atoms with Crippen molar-refractivity contribution < 1.29 is 14.6 Å². The van der Waals surface area contributed by atoms with Crippen molar-refractivity contribution in [2.45, 2.75) is 35.8 Å². The van der Waals surface area contributed by atoms with E-state index in [1.165, 1.54) is 5.57 Å². The summed E-state index contributed by atoms with van der Waals surface area (Å²) in [5.74, 6) is 0.372. The average Bonchev–Trinajstić information content (AvgIpc) is 3.18. The maximum absolute atomic E-state index is 13.1. The van der Waals surface area contributed by atoms with Gasteiger partial charge in [-0.1, -0.05) is 0 Å². The van der Waals surface area contributed by atoms with E-state index in [9.17, 15) is 9.90 Å². The number of nitrogens with one attached hydrogen (secondary N) is 1. The third kappa shape index (κ3) is 1.21. The largest absolute Gasteiger partial charge is 0.504 e. The van der Waals surface area contributed by atoms with E-state index in [4.69, 9.17) is 4.74 Å². The summed E-state index contributed by atoms with van der Waals surface area (Å²) in [6.07, 6.45) is 5.21. The van der Waals surface area contributed by atoms with E-state index >= 15 is 0 Å². The first kappa shape index (κ1) is 14.0. The molecule has 1 saturated heterocycles. The molecule has 130 valence electrons. The summed E-state index contributed by atoms with van der Waals surface area (Å²) in [6, 6.07) is -0.294. The van der Waals surface area contributed by atoms with Gasteiger partial charge in [-0.15, -0.1) is 11.8 Å². The van der Waals surface area contributed by atoms with Crippen LogP contribution in [0.3, 0.4) is 0 Å². The number of hydrogen-bond donors (Lipinski definition) is 2. The first-order valence-corrected chi connectivity index (χ1v) is 9.85. The molecule has 1 unspecified atom stereocenters. The predicted molar refractivity (Wildman–Crippen MR) is 98.6 cm³/mol. The van der Waals surface area contributed by atoms with E-state index in [-0.39, 0.29) is 34.5 Å². The van der Waals surface area contributed by atoms with E-state index < -0.39 is 0 Å². The molecule has 7 heteroatoms. The van der Waals surface area contributed by atoms with Gasteiger partial charge in [0.05, 0.1) is 27.3 Å². The first-order chi connectivity index (χ1) is 12.6. The Bertz CT molecular complexity index is 1170. The predicted octanol–water partition coefficient (Wildman–Crippen LogP) is 0.144. The Kier molecular flexibility index (Phi) is 2.19. The lowest BCUT2D eigenvalue weighted by atomic mass is 9.62. The highest BCUT2D eigenvalue weighted by atomic mass is 32.2. The summed E-state index contributed by atoms with van der Waals surface area (Å²) >= 11 is 1.71. The quantitative estimate of drug-likeness (QED) is 0.547. The minimum absolute atomic E-state index is 0.133. The number of anilines is 1.